The highest BCUT2D eigenvalue weighted by Gasteiger charge is 2.21. The molecule has 0 saturated heterocycles. The lowest BCUT2D eigenvalue weighted by Gasteiger charge is -2.09. The van der Waals surface area contributed by atoms with Crippen LogP contribution in [0.5, 0.6) is 0 Å². The van der Waals surface area contributed by atoms with Gasteiger partial charge < -0.3 is 10.1 Å². The van der Waals surface area contributed by atoms with Gasteiger partial charge >= 0.3 is 5.97 Å². The Morgan fingerprint density at radius 3 is 2.83 bits per heavy atom. The molecule has 9 heteroatoms. The second kappa shape index (κ2) is 7.38. The van der Waals surface area contributed by atoms with E-state index in [4.69, 9.17) is 11.6 Å². The number of nitro groups is 1. The fraction of sp³-hybridized carbons (Fsp3) is 0.286. The summed E-state index contributed by atoms with van der Waals surface area (Å²) in [5.41, 5.74) is -0.0204. The minimum atomic E-state index is -0.720. The maximum absolute atomic E-state index is 11.6. The SMILES string of the molecule is COC(=O)c1cc([N+](=O)[O-])c(NCCc2ncc(C)s2)cc1Cl. The number of methoxy groups -OCH3 is 1. The molecule has 0 saturated carbocycles. The number of nitrogens with zero attached hydrogens (tertiary/aromatic N) is 2. The van der Waals surface area contributed by atoms with Gasteiger partial charge in [0.25, 0.3) is 5.69 Å². The molecule has 0 aliphatic rings. The largest absolute Gasteiger partial charge is 0.465 e. The van der Waals surface area contributed by atoms with E-state index < -0.39 is 10.9 Å². The molecule has 1 aromatic carbocycles. The van der Waals surface area contributed by atoms with Crippen LogP contribution in [0.15, 0.2) is 18.3 Å². The van der Waals surface area contributed by atoms with Gasteiger partial charge in [-0.05, 0) is 13.0 Å². The van der Waals surface area contributed by atoms with E-state index in [9.17, 15) is 14.9 Å². The summed E-state index contributed by atoms with van der Waals surface area (Å²) in [6.07, 6.45) is 2.41. The number of halogens is 1. The van der Waals surface area contributed by atoms with Crippen LogP contribution in [0.2, 0.25) is 5.02 Å². The van der Waals surface area contributed by atoms with Crippen molar-refractivity contribution in [3.05, 3.63) is 48.9 Å². The molecule has 122 valence electrons. The molecule has 1 N–H and O–H groups in total. The molecule has 0 atom stereocenters. The number of esters is 1. The number of hydrogen-bond acceptors (Lipinski definition) is 7. The third-order valence-electron chi connectivity index (χ3n) is 3.01. The minimum absolute atomic E-state index is 0.0398. The van der Waals surface area contributed by atoms with Gasteiger partial charge in [-0.3, -0.25) is 10.1 Å². The number of thiazole rings is 1. The van der Waals surface area contributed by atoms with E-state index in [0.29, 0.717) is 13.0 Å². The van der Waals surface area contributed by atoms with Crippen molar-refractivity contribution in [1.82, 2.24) is 4.98 Å². The van der Waals surface area contributed by atoms with Crippen molar-refractivity contribution >= 4 is 40.3 Å². The number of aryl methyl sites for hydroxylation is 1. The molecule has 0 aliphatic heterocycles. The average molecular weight is 356 g/mol. The van der Waals surface area contributed by atoms with Gasteiger partial charge in [-0.2, -0.15) is 0 Å². The van der Waals surface area contributed by atoms with Gasteiger partial charge in [0.15, 0.2) is 0 Å². The lowest BCUT2D eigenvalue weighted by atomic mass is 10.1. The molecule has 0 aliphatic carbocycles. The highest BCUT2D eigenvalue weighted by atomic mass is 35.5. The van der Waals surface area contributed by atoms with E-state index in [1.165, 1.54) is 13.2 Å². The number of carbonyl (C=O) groups is 1. The fourth-order valence-corrected chi connectivity index (χ4v) is 2.97. The molecule has 0 unspecified atom stereocenters. The Morgan fingerprint density at radius 2 is 2.26 bits per heavy atom. The number of carbonyl (C=O) groups excluding carboxylic acids is 1. The third kappa shape index (κ3) is 4.17. The van der Waals surface area contributed by atoms with Crippen LogP contribution in [0.3, 0.4) is 0 Å². The Balaban J connectivity index is 2.18. The zero-order chi connectivity index (χ0) is 17.0. The van der Waals surface area contributed by atoms with Gasteiger partial charge in [0.1, 0.15) is 5.69 Å². The second-order valence-electron chi connectivity index (χ2n) is 4.64. The number of nitrogens with one attached hydrogen (secondary N) is 1. The van der Waals surface area contributed by atoms with Crippen molar-refractivity contribution in [3.8, 4) is 0 Å². The van der Waals surface area contributed by atoms with Crippen LogP contribution in [0.4, 0.5) is 11.4 Å². The summed E-state index contributed by atoms with van der Waals surface area (Å²) in [5.74, 6) is -0.720. The zero-order valence-corrected chi connectivity index (χ0v) is 14.0. The fourth-order valence-electron chi connectivity index (χ4n) is 1.94. The molecule has 0 spiro atoms. The van der Waals surface area contributed by atoms with Crippen LogP contribution >= 0.6 is 22.9 Å². The van der Waals surface area contributed by atoms with Gasteiger partial charge in [0, 0.05) is 30.1 Å². The van der Waals surface area contributed by atoms with E-state index in [2.05, 4.69) is 15.0 Å². The molecule has 0 bridgehead atoms. The van der Waals surface area contributed by atoms with Gasteiger partial charge in [-0.15, -0.1) is 11.3 Å². The lowest BCUT2D eigenvalue weighted by Crippen LogP contribution is -2.09. The summed E-state index contributed by atoms with van der Waals surface area (Å²) in [5, 5.41) is 15.2. The van der Waals surface area contributed by atoms with Gasteiger partial charge in [0.05, 0.1) is 27.6 Å². The molecule has 0 fully saturated rings. The first-order valence-corrected chi connectivity index (χ1v) is 7.83. The quantitative estimate of drug-likeness (QED) is 0.484. The predicted molar refractivity (Wildman–Crippen MR) is 88.5 cm³/mol. The molecular formula is C14H14ClN3O4S. The molecule has 1 aromatic heterocycles. The Morgan fingerprint density at radius 1 is 1.52 bits per heavy atom. The number of rotatable bonds is 6. The van der Waals surface area contributed by atoms with Crippen molar-refractivity contribution in [3.63, 3.8) is 0 Å². The van der Waals surface area contributed by atoms with Crippen LogP contribution in [0.1, 0.15) is 20.2 Å². The molecular weight excluding hydrogens is 342 g/mol. The Kier molecular flexibility index (Phi) is 5.51. The van der Waals surface area contributed by atoms with Crippen molar-refractivity contribution < 1.29 is 14.5 Å². The summed E-state index contributed by atoms with van der Waals surface area (Å²) in [6.45, 7) is 2.42. The molecule has 2 rings (SSSR count). The number of aromatic nitrogens is 1. The number of ether oxygens (including phenoxy) is 1. The number of anilines is 1. The zero-order valence-electron chi connectivity index (χ0n) is 12.5. The van der Waals surface area contributed by atoms with Crippen LogP contribution < -0.4 is 5.32 Å². The number of nitro benzene ring substituents is 1. The van der Waals surface area contributed by atoms with E-state index >= 15 is 0 Å². The Labute approximate surface area is 141 Å². The van der Waals surface area contributed by atoms with Gasteiger partial charge in [-0.25, -0.2) is 9.78 Å². The first kappa shape index (κ1) is 17.2. The maximum atomic E-state index is 11.6. The van der Waals surface area contributed by atoms with E-state index in [-0.39, 0.29) is 22.0 Å². The van der Waals surface area contributed by atoms with Crippen molar-refractivity contribution in [2.75, 3.05) is 19.0 Å². The van der Waals surface area contributed by atoms with Crippen molar-refractivity contribution in [1.29, 1.82) is 0 Å². The average Bonchev–Trinajstić information content (AvgIpc) is 2.91. The van der Waals surface area contributed by atoms with Gasteiger partial charge in [0.2, 0.25) is 0 Å². The normalized spacial score (nSPS) is 10.4. The maximum Gasteiger partial charge on any atom is 0.339 e. The highest BCUT2D eigenvalue weighted by molar-refractivity contribution is 7.11. The standard InChI is InChI=1S/C14H14ClN3O4S/c1-8-7-17-13(23-8)3-4-16-11-6-10(15)9(14(19)22-2)5-12(11)18(20)21/h5-7,16H,3-4H2,1-2H3. The Bertz CT molecular complexity index is 748. The van der Waals surface area contributed by atoms with Gasteiger partial charge in [-0.1, -0.05) is 11.6 Å². The van der Waals surface area contributed by atoms with E-state index in [1.807, 2.05) is 6.92 Å². The molecule has 0 radical (unpaired) electrons. The first-order valence-electron chi connectivity index (χ1n) is 6.63. The smallest absolute Gasteiger partial charge is 0.339 e. The molecule has 7 nitrogen and oxygen atoms in total. The summed E-state index contributed by atoms with van der Waals surface area (Å²) in [7, 11) is 1.19. The lowest BCUT2D eigenvalue weighted by molar-refractivity contribution is -0.384. The number of hydrogen-bond donors (Lipinski definition) is 1. The Hall–Kier alpha value is -2.19. The summed E-state index contributed by atoms with van der Waals surface area (Å²) in [4.78, 5) is 27.5. The van der Waals surface area contributed by atoms with Crippen molar-refractivity contribution in [2.45, 2.75) is 13.3 Å². The molecule has 1 heterocycles. The molecule has 0 amide bonds. The summed E-state index contributed by atoms with van der Waals surface area (Å²) in [6, 6.07) is 2.48. The highest BCUT2D eigenvalue weighted by Crippen LogP contribution is 2.31. The number of benzene rings is 1. The van der Waals surface area contributed by atoms with Crippen LogP contribution in [-0.2, 0) is 11.2 Å². The van der Waals surface area contributed by atoms with Crippen LogP contribution in [0.25, 0.3) is 0 Å². The van der Waals surface area contributed by atoms with Crippen LogP contribution in [0, 0.1) is 17.0 Å². The first-order chi connectivity index (χ1) is 10.9. The summed E-state index contributed by atoms with van der Waals surface area (Å²) < 4.78 is 4.56. The van der Waals surface area contributed by atoms with E-state index in [0.717, 1.165) is 16.0 Å². The topological polar surface area (TPSA) is 94.4 Å². The third-order valence-corrected chi connectivity index (χ3v) is 4.30. The predicted octanol–water partition coefficient (Wildman–Crippen LogP) is 3.45. The van der Waals surface area contributed by atoms with Crippen molar-refractivity contribution in [2.24, 2.45) is 0 Å². The molecule has 2 aromatic rings. The minimum Gasteiger partial charge on any atom is -0.465 e. The second-order valence-corrected chi connectivity index (χ2v) is 6.37. The van der Waals surface area contributed by atoms with Crippen LogP contribution in [-0.4, -0.2) is 29.5 Å². The monoisotopic (exact) mass is 355 g/mol. The summed E-state index contributed by atoms with van der Waals surface area (Å²) >= 11 is 7.58. The molecule has 23 heavy (non-hydrogen) atoms. The van der Waals surface area contributed by atoms with E-state index in [1.54, 1.807) is 17.5 Å².